The molecule has 6 heteroatoms. The third-order valence-corrected chi connectivity index (χ3v) is 3.24. The van der Waals surface area contributed by atoms with Crippen molar-refractivity contribution < 1.29 is 18.4 Å². The minimum absolute atomic E-state index is 0.130. The van der Waals surface area contributed by atoms with Gasteiger partial charge >= 0.3 is 0 Å². The van der Waals surface area contributed by atoms with Crippen LogP contribution in [-0.2, 0) is 11.3 Å². The standard InChI is InChI=1S/C16H17FN2O3/c1-11-14(6-7-22-11)16(21)18-9-15(20)19(2)10-12-4-3-5-13(17)8-12/h3-8H,9-10H2,1-2H3,(H,18,21). The summed E-state index contributed by atoms with van der Waals surface area (Å²) in [5.41, 5.74) is 1.09. The number of hydrogen-bond donors (Lipinski definition) is 1. The largest absolute Gasteiger partial charge is 0.469 e. The molecule has 0 radical (unpaired) electrons. The van der Waals surface area contributed by atoms with Gasteiger partial charge in [-0.2, -0.15) is 0 Å². The van der Waals surface area contributed by atoms with E-state index < -0.39 is 0 Å². The Balaban J connectivity index is 1.86. The number of furan rings is 1. The van der Waals surface area contributed by atoms with E-state index in [1.54, 1.807) is 32.2 Å². The first-order valence-corrected chi connectivity index (χ1v) is 6.78. The minimum Gasteiger partial charge on any atom is -0.469 e. The number of halogens is 1. The van der Waals surface area contributed by atoms with E-state index >= 15 is 0 Å². The molecule has 0 spiro atoms. The van der Waals surface area contributed by atoms with E-state index in [-0.39, 0.29) is 30.7 Å². The summed E-state index contributed by atoms with van der Waals surface area (Å²) in [5, 5.41) is 2.54. The third kappa shape index (κ3) is 3.94. The second kappa shape index (κ2) is 6.89. The summed E-state index contributed by atoms with van der Waals surface area (Å²) < 4.78 is 18.1. The van der Waals surface area contributed by atoms with E-state index in [4.69, 9.17) is 4.42 Å². The molecule has 0 aliphatic carbocycles. The number of carbonyl (C=O) groups excluding carboxylic acids is 2. The molecule has 0 aliphatic rings. The second-order valence-electron chi connectivity index (χ2n) is 4.95. The van der Waals surface area contributed by atoms with Crippen molar-refractivity contribution in [2.24, 2.45) is 0 Å². The molecule has 1 aromatic heterocycles. The molecule has 0 saturated carbocycles. The molecule has 2 aromatic rings. The molecular weight excluding hydrogens is 287 g/mol. The van der Waals surface area contributed by atoms with Crippen molar-refractivity contribution in [1.29, 1.82) is 0 Å². The summed E-state index contributed by atoms with van der Waals surface area (Å²) >= 11 is 0. The van der Waals surface area contributed by atoms with Gasteiger partial charge in [0.25, 0.3) is 5.91 Å². The lowest BCUT2D eigenvalue weighted by molar-refractivity contribution is -0.129. The molecule has 0 unspecified atom stereocenters. The molecule has 0 fully saturated rings. The van der Waals surface area contributed by atoms with Gasteiger partial charge in [0.2, 0.25) is 5.91 Å². The van der Waals surface area contributed by atoms with Crippen LogP contribution in [0.25, 0.3) is 0 Å². The lowest BCUT2D eigenvalue weighted by Crippen LogP contribution is -2.37. The molecule has 1 heterocycles. The zero-order valence-electron chi connectivity index (χ0n) is 12.4. The van der Waals surface area contributed by atoms with E-state index in [2.05, 4.69) is 5.32 Å². The van der Waals surface area contributed by atoms with Crippen molar-refractivity contribution >= 4 is 11.8 Å². The second-order valence-corrected chi connectivity index (χ2v) is 4.95. The van der Waals surface area contributed by atoms with Crippen molar-refractivity contribution in [3.63, 3.8) is 0 Å². The van der Waals surface area contributed by atoms with Crippen molar-refractivity contribution in [2.45, 2.75) is 13.5 Å². The predicted octanol–water partition coefficient (Wildman–Crippen LogP) is 2.12. The van der Waals surface area contributed by atoms with E-state index in [1.807, 2.05) is 0 Å². The first-order chi connectivity index (χ1) is 10.5. The highest BCUT2D eigenvalue weighted by molar-refractivity contribution is 5.97. The zero-order chi connectivity index (χ0) is 16.1. The number of rotatable bonds is 5. The van der Waals surface area contributed by atoms with Gasteiger partial charge in [-0.05, 0) is 30.7 Å². The van der Waals surface area contributed by atoms with Crippen LogP contribution in [0.4, 0.5) is 4.39 Å². The third-order valence-electron chi connectivity index (χ3n) is 3.24. The van der Waals surface area contributed by atoms with Crippen LogP contribution in [0.3, 0.4) is 0 Å². The summed E-state index contributed by atoms with van der Waals surface area (Å²) in [7, 11) is 1.60. The van der Waals surface area contributed by atoms with E-state index in [9.17, 15) is 14.0 Å². The highest BCUT2D eigenvalue weighted by Gasteiger charge is 2.14. The van der Waals surface area contributed by atoms with Crippen LogP contribution in [0.5, 0.6) is 0 Å². The summed E-state index contributed by atoms with van der Waals surface area (Å²) in [6.07, 6.45) is 1.42. The average molecular weight is 304 g/mol. The zero-order valence-corrected chi connectivity index (χ0v) is 12.4. The Morgan fingerprint density at radius 3 is 2.73 bits per heavy atom. The van der Waals surface area contributed by atoms with E-state index in [1.165, 1.54) is 23.3 Å². The molecule has 1 aromatic carbocycles. The number of benzene rings is 1. The number of likely N-dealkylation sites (N-methyl/N-ethyl adjacent to an activating group) is 1. The van der Waals surface area contributed by atoms with Gasteiger partial charge in [0.1, 0.15) is 11.6 Å². The quantitative estimate of drug-likeness (QED) is 0.920. The first kappa shape index (κ1) is 15.8. The SMILES string of the molecule is Cc1occc1C(=O)NCC(=O)N(C)Cc1cccc(F)c1. The lowest BCUT2D eigenvalue weighted by Gasteiger charge is -2.17. The van der Waals surface area contributed by atoms with Crippen molar-refractivity contribution in [1.82, 2.24) is 10.2 Å². The smallest absolute Gasteiger partial charge is 0.255 e. The molecule has 2 rings (SSSR count). The summed E-state index contributed by atoms with van der Waals surface area (Å²) in [6, 6.07) is 7.59. The summed E-state index contributed by atoms with van der Waals surface area (Å²) in [4.78, 5) is 25.3. The normalized spacial score (nSPS) is 10.3. The molecule has 22 heavy (non-hydrogen) atoms. The van der Waals surface area contributed by atoms with Crippen LogP contribution in [0, 0.1) is 12.7 Å². The van der Waals surface area contributed by atoms with Gasteiger partial charge in [-0.1, -0.05) is 12.1 Å². The van der Waals surface area contributed by atoms with Gasteiger partial charge in [0, 0.05) is 13.6 Å². The van der Waals surface area contributed by atoms with Crippen LogP contribution in [-0.4, -0.2) is 30.3 Å². The number of amides is 2. The number of carbonyl (C=O) groups is 2. The van der Waals surface area contributed by atoms with Gasteiger partial charge in [0.05, 0.1) is 18.4 Å². The van der Waals surface area contributed by atoms with Crippen LogP contribution in [0.1, 0.15) is 21.7 Å². The number of aryl methyl sites for hydroxylation is 1. The Morgan fingerprint density at radius 1 is 1.32 bits per heavy atom. The monoisotopic (exact) mass is 304 g/mol. The van der Waals surface area contributed by atoms with Crippen LogP contribution >= 0.6 is 0 Å². The Morgan fingerprint density at radius 2 is 2.09 bits per heavy atom. The van der Waals surface area contributed by atoms with Gasteiger partial charge in [0.15, 0.2) is 0 Å². The first-order valence-electron chi connectivity index (χ1n) is 6.78. The Labute approximate surface area is 127 Å². The fraction of sp³-hybridized carbons (Fsp3) is 0.250. The molecular formula is C16H17FN2O3. The summed E-state index contributed by atoms with van der Waals surface area (Å²) in [6.45, 7) is 1.82. The highest BCUT2D eigenvalue weighted by Crippen LogP contribution is 2.08. The van der Waals surface area contributed by atoms with Crippen molar-refractivity contribution in [2.75, 3.05) is 13.6 Å². The van der Waals surface area contributed by atoms with Gasteiger partial charge in [-0.3, -0.25) is 9.59 Å². The molecule has 0 bridgehead atoms. The maximum absolute atomic E-state index is 13.1. The Kier molecular flexibility index (Phi) is 4.93. The number of nitrogens with zero attached hydrogens (tertiary/aromatic N) is 1. The fourth-order valence-electron chi connectivity index (χ4n) is 2.00. The van der Waals surface area contributed by atoms with E-state index in [0.29, 0.717) is 16.9 Å². The van der Waals surface area contributed by atoms with Crippen molar-refractivity contribution in [3.8, 4) is 0 Å². The molecule has 2 amide bonds. The highest BCUT2D eigenvalue weighted by atomic mass is 19.1. The molecule has 0 saturated heterocycles. The van der Waals surface area contributed by atoms with Gasteiger partial charge in [-0.15, -0.1) is 0 Å². The average Bonchev–Trinajstić information content (AvgIpc) is 2.90. The van der Waals surface area contributed by atoms with Gasteiger partial charge < -0.3 is 14.6 Å². The topological polar surface area (TPSA) is 62.6 Å². The molecule has 0 aliphatic heterocycles. The minimum atomic E-state index is -0.362. The maximum atomic E-state index is 13.1. The molecule has 0 atom stereocenters. The maximum Gasteiger partial charge on any atom is 0.255 e. The van der Waals surface area contributed by atoms with Gasteiger partial charge in [-0.25, -0.2) is 4.39 Å². The molecule has 1 N–H and O–H groups in total. The van der Waals surface area contributed by atoms with Crippen molar-refractivity contribution in [3.05, 3.63) is 59.3 Å². The lowest BCUT2D eigenvalue weighted by atomic mass is 10.2. The van der Waals surface area contributed by atoms with Crippen LogP contribution in [0.15, 0.2) is 41.0 Å². The van der Waals surface area contributed by atoms with Crippen LogP contribution in [0.2, 0.25) is 0 Å². The molecule has 116 valence electrons. The Bertz CT molecular complexity index is 682. The fourth-order valence-corrected chi connectivity index (χ4v) is 2.00. The van der Waals surface area contributed by atoms with E-state index in [0.717, 1.165) is 0 Å². The summed E-state index contributed by atoms with van der Waals surface area (Å²) in [5.74, 6) is -0.474. The Hall–Kier alpha value is -2.63. The predicted molar refractivity (Wildman–Crippen MR) is 78.7 cm³/mol. The number of hydrogen-bond acceptors (Lipinski definition) is 3. The molecule has 5 nitrogen and oxygen atoms in total. The van der Waals surface area contributed by atoms with Crippen LogP contribution < -0.4 is 5.32 Å². The number of nitrogens with one attached hydrogen (secondary N) is 1.